The molecule has 21 heavy (non-hydrogen) atoms. The monoisotopic (exact) mass is 293 g/mol. The molecule has 1 unspecified atom stereocenters. The van der Waals surface area contributed by atoms with E-state index in [1.165, 1.54) is 44.9 Å². The smallest absolute Gasteiger partial charge is 0.307 e. The first-order valence-corrected chi connectivity index (χ1v) is 8.95. The number of nitrogens with zero attached hydrogens (tertiary/aromatic N) is 1. The molecule has 0 amide bonds. The van der Waals surface area contributed by atoms with Gasteiger partial charge in [0.05, 0.1) is 5.92 Å². The van der Waals surface area contributed by atoms with Gasteiger partial charge < -0.3 is 10.0 Å². The average Bonchev–Trinajstić information content (AvgIpc) is 2.41. The summed E-state index contributed by atoms with van der Waals surface area (Å²) in [5.74, 6) is 2.14. The number of carboxylic acid groups (broad SMARTS) is 1. The van der Waals surface area contributed by atoms with E-state index in [9.17, 15) is 4.79 Å². The zero-order chi connectivity index (χ0) is 15.0. The Balaban J connectivity index is 1.55. The highest BCUT2D eigenvalue weighted by Crippen LogP contribution is 2.61. The Morgan fingerprint density at radius 1 is 1.19 bits per heavy atom. The number of carbonyl (C=O) groups is 1. The molecule has 4 rings (SSSR count). The minimum Gasteiger partial charge on any atom is -0.481 e. The van der Waals surface area contributed by atoms with Gasteiger partial charge in [0.15, 0.2) is 0 Å². The first-order valence-electron chi connectivity index (χ1n) is 8.95. The van der Waals surface area contributed by atoms with Crippen molar-refractivity contribution in [2.24, 2.45) is 29.1 Å². The molecule has 0 aromatic rings. The molecule has 4 fully saturated rings. The molecule has 0 aromatic carbocycles. The molecule has 0 radical (unpaired) electrons. The molecule has 0 heterocycles. The van der Waals surface area contributed by atoms with Crippen LogP contribution >= 0.6 is 0 Å². The lowest BCUT2D eigenvalue weighted by Crippen LogP contribution is -2.47. The fraction of sp³-hybridized carbons (Fsp3) is 0.944. The van der Waals surface area contributed by atoms with Gasteiger partial charge in [-0.1, -0.05) is 13.8 Å². The second-order valence-electron chi connectivity index (χ2n) is 8.30. The molecular weight excluding hydrogens is 262 g/mol. The largest absolute Gasteiger partial charge is 0.481 e. The Hall–Kier alpha value is -0.570. The van der Waals surface area contributed by atoms with Gasteiger partial charge in [-0.25, -0.2) is 0 Å². The molecule has 120 valence electrons. The van der Waals surface area contributed by atoms with Crippen molar-refractivity contribution in [2.45, 2.75) is 58.8 Å². The molecule has 0 aromatic heterocycles. The number of aliphatic carboxylic acids is 1. The molecule has 1 N–H and O–H groups in total. The summed E-state index contributed by atoms with van der Waals surface area (Å²) in [5.41, 5.74) is 0.620. The third-order valence-corrected chi connectivity index (χ3v) is 6.52. The summed E-state index contributed by atoms with van der Waals surface area (Å²) in [5, 5.41) is 9.10. The zero-order valence-corrected chi connectivity index (χ0v) is 13.7. The fourth-order valence-corrected chi connectivity index (χ4v) is 5.84. The van der Waals surface area contributed by atoms with Crippen molar-refractivity contribution in [3.8, 4) is 0 Å². The first-order chi connectivity index (χ1) is 9.99. The van der Waals surface area contributed by atoms with E-state index in [2.05, 4.69) is 11.8 Å². The van der Waals surface area contributed by atoms with Crippen LogP contribution in [-0.4, -0.2) is 35.6 Å². The third kappa shape index (κ3) is 3.28. The lowest BCUT2D eigenvalue weighted by atomic mass is 9.49. The van der Waals surface area contributed by atoms with Crippen LogP contribution < -0.4 is 0 Å². The van der Waals surface area contributed by atoms with Crippen molar-refractivity contribution in [3.05, 3.63) is 0 Å². The van der Waals surface area contributed by atoms with Crippen LogP contribution in [0.3, 0.4) is 0 Å². The second-order valence-corrected chi connectivity index (χ2v) is 8.30. The lowest BCUT2D eigenvalue weighted by Gasteiger charge is -2.57. The van der Waals surface area contributed by atoms with E-state index in [0.29, 0.717) is 12.0 Å². The summed E-state index contributed by atoms with van der Waals surface area (Å²) in [4.78, 5) is 13.4. The lowest BCUT2D eigenvalue weighted by molar-refractivity contribution is -0.141. The van der Waals surface area contributed by atoms with Crippen LogP contribution in [0.4, 0.5) is 0 Å². The quantitative estimate of drug-likeness (QED) is 0.779. The summed E-state index contributed by atoms with van der Waals surface area (Å²) in [7, 11) is 0. The van der Waals surface area contributed by atoms with E-state index < -0.39 is 5.97 Å². The van der Waals surface area contributed by atoms with E-state index >= 15 is 0 Å². The highest BCUT2D eigenvalue weighted by Gasteiger charge is 2.50. The molecule has 3 nitrogen and oxygen atoms in total. The van der Waals surface area contributed by atoms with Crippen molar-refractivity contribution in [1.82, 2.24) is 4.90 Å². The fourth-order valence-electron chi connectivity index (χ4n) is 5.84. The van der Waals surface area contributed by atoms with Gasteiger partial charge in [0.1, 0.15) is 0 Å². The molecule has 0 aliphatic heterocycles. The van der Waals surface area contributed by atoms with Crippen LogP contribution in [0.1, 0.15) is 58.8 Å². The summed E-state index contributed by atoms with van der Waals surface area (Å²) in [6, 6.07) is 0. The molecule has 4 aliphatic carbocycles. The Kier molecular flexibility index (Phi) is 4.31. The summed E-state index contributed by atoms with van der Waals surface area (Å²) in [6.45, 7) is 6.77. The molecule has 4 aliphatic rings. The van der Waals surface area contributed by atoms with E-state index in [0.717, 1.165) is 30.8 Å². The van der Waals surface area contributed by atoms with Crippen molar-refractivity contribution in [2.75, 3.05) is 19.6 Å². The van der Waals surface area contributed by atoms with Crippen molar-refractivity contribution < 1.29 is 9.90 Å². The number of hydrogen-bond acceptors (Lipinski definition) is 2. The van der Waals surface area contributed by atoms with Crippen LogP contribution in [0.25, 0.3) is 0 Å². The standard InChI is InChI=1S/C18H31NO2/c1-3-19(12-13(2)17(20)21)5-4-18-9-14-6-15(10-18)8-16(7-14)11-18/h13-16H,3-12H2,1-2H3,(H,20,21). The topological polar surface area (TPSA) is 40.5 Å². The Labute approximate surface area is 129 Å². The van der Waals surface area contributed by atoms with Crippen LogP contribution in [0.5, 0.6) is 0 Å². The normalized spacial score (nSPS) is 38.9. The minimum absolute atomic E-state index is 0.249. The molecule has 1 atom stereocenters. The van der Waals surface area contributed by atoms with E-state index in [1.54, 1.807) is 0 Å². The van der Waals surface area contributed by atoms with Crippen LogP contribution in [0.15, 0.2) is 0 Å². The van der Waals surface area contributed by atoms with Crippen molar-refractivity contribution >= 4 is 5.97 Å². The summed E-state index contributed by atoms with van der Waals surface area (Å²) in [6.07, 6.45) is 10.2. The molecular formula is C18H31NO2. The first kappa shape index (κ1) is 15.3. The van der Waals surface area contributed by atoms with Gasteiger partial charge in [0.25, 0.3) is 0 Å². The van der Waals surface area contributed by atoms with Gasteiger partial charge >= 0.3 is 5.97 Å². The maximum absolute atomic E-state index is 11.1. The maximum Gasteiger partial charge on any atom is 0.307 e. The Morgan fingerprint density at radius 2 is 1.71 bits per heavy atom. The number of rotatable bonds is 7. The van der Waals surface area contributed by atoms with E-state index in [4.69, 9.17) is 5.11 Å². The highest BCUT2D eigenvalue weighted by atomic mass is 16.4. The molecule has 3 heteroatoms. The van der Waals surface area contributed by atoms with Gasteiger partial charge in [-0.3, -0.25) is 4.79 Å². The SMILES string of the molecule is CCN(CCC12CC3CC(CC(C3)C1)C2)CC(C)C(=O)O. The third-order valence-electron chi connectivity index (χ3n) is 6.52. The molecule has 4 saturated carbocycles. The molecule has 0 saturated heterocycles. The number of carboxylic acids is 1. The molecule has 0 spiro atoms. The van der Waals surface area contributed by atoms with Gasteiger partial charge in [-0.15, -0.1) is 0 Å². The van der Waals surface area contributed by atoms with Crippen LogP contribution in [0, 0.1) is 29.1 Å². The average molecular weight is 293 g/mol. The molecule has 4 bridgehead atoms. The van der Waals surface area contributed by atoms with Gasteiger partial charge in [-0.2, -0.15) is 0 Å². The van der Waals surface area contributed by atoms with Crippen molar-refractivity contribution in [3.63, 3.8) is 0 Å². The summed E-state index contributed by atoms with van der Waals surface area (Å²) < 4.78 is 0. The van der Waals surface area contributed by atoms with Crippen LogP contribution in [0.2, 0.25) is 0 Å². The van der Waals surface area contributed by atoms with E-state index in [1.807, 2.05) is 6.92 Å². The Bertz CT molecular complexity index is 357. The van der Waals surface area contributed by atoms with Gasteiger partial charge in [0.2, 0.25) is 0 Å². The second kappa shape index (κ2) is 5.91. The summed E-state index contributed by atoms with van der Waals surface area (Å²) >= 11 is 0. The maximum atomic E-state index is 11.1. The predicted octanol–water partition coefficient (Wildman–Crippen LogP) is 3.64. The zero-order valence-electron chi connectivity index (χ0n) is 13.7. The van der Waals surface area contributed by atoms with Crippen LogP contribution in [-0.2, 0) is 4.79 Å². The Morgan fingerprint density at radius 3 is 2.14 bits per heavy atom. The number of hydrogen-bond donors (Lipinski definition) is 1. The van der Waals surface area contributed by atoms with Crippen molar-refractivity contribution in [1.29, 1.82) is 0 Å². The van der Waals surface area contributed by atoms with E-state index in [-0.39, 0.29) is 5.92 Å². The van der Waals surface area contributed by atoms with Gasteiger partial charge in [0, 0.05) is 6.54 Å². The minimum atomic E-state index is -0.664. The van der Waals surface area contributed by atoms with Gasteiger partial charge in [-0.05, 0) is 81.2 Å². The highest BCUT2D eigenvalue weighted by molar-refractivity contribution is 5.69. The predicted molar refractivity (Wildman–Crippen MR) is 84.1 cm³/mol.